The van der Waals surface area contributed by atoms with Crippen LogP contribution in [0, 0.1) is 0 Å². The van der Waals surface area contributed by atoms with Crippen molar-refractivity contribution in [1.29, 1.82) is 0 Å². The summed E-state index contributed by atoms with van der Waals surface area (Å²) in [6, 6.07) is 1.08. The van der Waals surface area contributed by atoms with E-state index < -0.39 is 10.0 Å². The number of nitrogens with zero attached hydrogens (tertiary/aromatic N) is 2. The third-order valence-corrected chi connectivity index (χ3v) is 5.93. The predicted octanol–water partition coefficient (Wildman–Crippen LogP) is 0.703. The van der Waals surface area contributed by atoms with Crippen molar-refractivity contribution >= 4 is 10.0 Å². The van der Waals surface area contributed by atoms with Gasteiger partial charge in [0.2, 0.25) is 10.0 Å². The van der Waals surface area contributed by atoms with Gasteiger partial charge in [-0.05, 0) is 32.7 Å². The van der Waals surface area contributed by atoms with Crippen molar-refractivity contribution in [3.8, 4) is 0 Å². The number of aromatic amines is 1. The summed E-state index contributed by atoms with van der Waals surface area (Å²) in [6.45, 7) is 0. The molecule has 106 valence electrons. The molecule has 19 heavy (non-hydrogen) atoms. The van der Waals surface area contributed by atoms with Gasteiger partial charge in [0, 0.05) is 24.3 Å². The molecule has 2 unspecified atom stereocenters. The first-order valence-corrected chi connectivity index (χ1v) is 8.27. The Morgan fingerprint density at radius 2 is 2.05 bits per heavy atom. The molecule has 2 aliphatic heterocycles. The van der Waals surface area contributed by atoms with Crippen LogP contribution < -0.4 is 4.72 Å². The van der Waals surface area contributed by atoms with Gasteiger partial charge in [-0.25, -0.2) is 13.1 Å². The lowest BCUT2D eigenvalue weighted by molar-refractivity contribution is 0.0536. The van der Waals surface area contributed by atoms with E-state index in [1.54, 1.807) is 0 Å². The number of piperidine rings is 2. The third kappa shape index (κ3) is 2.54. The van der Waals surface area contributed by atoms with Gasteiger partial charge in [-0.15, -0.1) is 0 Å². The van der Waals surface area contributed by atoms with Crippen LogP contribution in [-0.4, -0.2) is 48.7 Å². The van der Waals surface area contributed by atoms with E-state index in [4.69, 9.17) is 0 Å². The largest absolute Gasteiger partial charge is 0.300 e. The second kappa shape index (κ2) is 4.88. The Hall–Kier alpha value is -0.920. The van der Waals surface area contributed by atoms with Crippen LogP contribution in [0.15, 0.2) is 17.3 Å². The van der Waals surface area contributed by atoms with E-state index in [1.165, 1.54) is 31.7 Å². The van der Waals surface area contributed by atoms with Crippen LogP contribution in [0.4, 0.5) is 0 Å². The minimum Gasteiger partial charge on any atom is -0.300 e. The van der Waals surface area contributed by atoms with Gasteiger partial charge < -0.3 is 4.90 Å². The average Bonchev–Trinajstić information content (AvgIpc) is 2.84. The summed E-state index contributed by atoms with van der Waals surface area (Å²) < 4.78 is 27.2. The highest BCUT2D eigenvalue weighted by molar-refractivity contribution is 7.89. The zero-order valence-corrected chi connectivity index (χ0v) is 11.9. The van der Waals surface area contributed by atoms with Gasteiger partial charge >= 0.3 is 0 Å². The molecule has 1 aromatic rings. The molecule has 3 heterocycles. The lowest BCUT2D eigenvalue weighted by atomic mass is 9.83. The van der Waals surface area contributed by atoms with Crippen LogP contribution in [0.5, 0.6) is 0 Å². The van der Waals surface area contributed by atoms with Crippen molar-refractivity contribution in [3.05, 3.63) is 12.4 Å². The first-order valence-electron chi connectivity index (χ1n) is 6.79. The van der Waals surface area contributed by atoms with Crippen LogP contribution in [0.3, 0.4) is 0 Å². The standard InChI is InChI=1S/C12H20N4O2S/c1-16-10-3-2-4-11(16)6-9(5-10)15-19(17,18)12-7-13-14-8-12/h7-11,15H,2-6H2,1H3,(H,13,14). The van der Waals surface area contributed by atoms with E-state index >= 15 is 0 Å². The quantitative estimate of drug-likeness (QED) is 0.856. The van der Waals surface area contributed by atoms with Crippen LogP contribution >= 0.6 is 0 Å². The van der Waals surface area contributed by atoms with Gasteiger partial charge in [0.1, 0.15) is 4.90 Å². The molecule has 0 spiro atoms. The maximum absolute atomic E-state index is 12.2. The Morgan fingerprint density at radius 3 is 2.63 bits per heavy atom. The molecule has 7 heteroatoms. The lowest BCUT2D eigenvalue weighted by Gasteiger charge is -2.47. The summed E-state index contributed by atoms with van der Waals surface area (Å²) in [4.78, 5) is 2.64. The van der Waals surface area contributed by atoms with E-state index in [9.17, 15) is 8.42 Å². The first-order chi connectivity index (χ1) is 9.06. The summed E-state index contributed by atoms with van der Waals surface area (Å²) in [6.07, 6.45) is 8.19. The van der Waals surface area contributed by atoms with Gasteiger partial charge in [0.15, 0.2) is 0 Å². The van der Waals surface area contributed by atoms with Crippen LogP contribution in [0.25, 0.3) is 0 Å². The van der Waals surface area contributed by atoms with E-state index in [0.29, 0.717) is 12.1 Å². The molecule has 6 nitrogen and oxygen atoms in total. The van der Waals surface area contributed by atoms with Gasteiger partial charge in [0.05, 0.1) is 6.20 Å². The molecule has 0 saturated carbocycles. The second-order valence-corrected chi connectivity index (χ2v) is 7.34. The molecule has 2 bridgehead atoms. The number of rotatable bonds is 3. The molecule has 0 aliphatic carbocycles. The Balaban J connectivity index is 1.71. The molecular formula is C12H20N4O2S. The summed E-state index contributed by atoms with van der Waals surface area (Å²) in [7, 11) is -1.27. The fourth-order valence-corrected chi connectivity index (χ4v) is 4.55. The lowest BCUT2D eigenvalue weighted by Crippen LogP contribution is -2.55. The van der Waals surface area contributed by atoms with Gasteiger partial charge in [-0.1, -0.05) is 6.42 Å². The normalized spacial score (nSPS) is 32.4. The number of nitrogens with one attached hydrogen (secondary N) is 2. The number of hydrogen-bond donors (Lipinski definition) is 2. The van der Waals surface area contributed by atoms with E-state index in [-0.39, 0.29) is 10.9 Å². The molecule has 1 aromatic heterocycles. The zero-order chi connectivity index (χ0) is 13.5. The number of aromatic nitrogens is 2. The minimum absolute atomic E-state index is 0.0476. The molecule has 2 aliphatic rings. The fraction of sp³-hybridized carbons (Fsp3) is 0.750. The first kappa shape index (κ1) is 13.1. The topological polar surface area (TPSA) is 78.1 Å². The maximum Gasteiger partial charge on any atom is 0.243 e. The highest BCUT2D eigenvalue weighted by atomic mass is 32.2. The molecule has 0 amide bonds. The van der Waals surface area contributed by atoms with E-state index in [0.717, 1.165) is 12.8 Å². The van der Waals surface area contributed by atoms with Gasteiger partial charge in [-0.3, -0.25) is 5.10 Å². The third-order valence-electron chi connectivity index (χ3n) is 4.45. The number of fused-ring (bicyclic) bond motifs is 2. The molecule has 2 fully saturated rings. The van der Waals surface area contributed by atoms with Crippen molar-refractivity contribution in [3.63, 3.8) is 0 Å². The van der Waals surface area contributed by atoms with E-state index in [1.807, 2.05) is 0 Å². The number of H-pyrrole nitrogens is 1. The molecule has 2 atom stereocenters. The Kier molecular flexibility index (Phi) is 3.36. The molecule has 0 radical (unpaired) electrons. The Labute approximate surface area is 113 Å². The Morgan fingerprint density at radius 1 is 1.37 bits per heavy atom. The summed E-state index contributed by atoms with van der Waals surface area (Å²) in [5.74, 6) is 0. The maximum atomic E-state index is 12.2. The SMILES string of the molecule is CN1C2CCCC1CC(NS(=O)(=O)c1cn[nH]c1)C2. The number of sulfonamides is 1. The summed E-state index contributed by atoms with van der Waals surface area (Å²) in [5, 5.41) is 6.24. The fourth-order valence-electron chi connectivity index (χ4n) is 3.39. The monoisotopic (exact) mass is 284 g/mol. The van der Waals surface area contributed by atoms with Crippen molar-refractivity contribution < 1.29 is 8.42 Å². The van der Waals surface area contributed by atoms with Gasteiger partial charge in [-0.2, -0.15) is 5.10 Å². The highest BCUT2D eigenvalue weighted by Crippen LogP contribution is 2.33. The van der Waals surface area contributed by atoms with Gasteiger partial charge in [0.25, 0.3) is 0 Å². The smallest absolute Gasteiger partial charge is 0.243 e. The zero-order valence-electron chi connectivity index (χ0n) is 11.0. The minimum atomic E-state index is -3.43. The molecular weight excluding hydrogens is 264 g/mol. The predicted molar refractivity (Wildman–Crippen MR) is 71.1 cm³/mol. The van der Waals surface area contributed by atoms with Crippen LogP contribution in [0.1, 0.15) is 32.1 Å². The van der Waals surface area contributed by atoms with E-state index in [2.05, 4.69) is 26.9 Å². The highest BCUT2D eigenvalue weighted by Gasteiger charge is 2.37. The summed E-state index contributed by atoms with van der Waals surface area (Å²) in [5.41, 5.74) is 0. The number of hydrogen-bond acceptors (Lipinski definition) is 4. The average molecular weight is 284 g/mol. The summed E-state index contributed by atoms with van der Waals surface area (Å²) >= 11 is 0. The van der Waals surface area contributed by atoms with Crippen molar-refractivity contribution in [2.24, 2.45) is 0 Å². The van der Waals surface area contributed by atoms with Crippen LogP contribution in [-0.2, 0) is 10.0 Å². The van der Waals surface area contributed by atoms with Crippen molar-refractivity contribution in [2.45, 2.75) is 55.1 Å². The van der Waals surface area contributed by atoms with Crippen LogP contribution in [0.2, 0.25) is 0 Å². The second-order valence-electron chi connectivity index (χ2n) is 5.63. The molecule has 2 saturated heterocycles. The molecule has 3 rings (SSSR count). The van der Waals surface area contributed by atoms with Crippen molar-refractivity contribution in [2.75, 3.05) is 7.05 Å². The Bertz CT molecular complexity index is 514. The molecule has 0 aromatic carbocycles. The molecule has 2 N–H and O–H groups in total. The van der Waals surface area contributed by atoms with Crippen molar-refractivity contribution in [1.82, 2.24) is 19.8 Å².